The summed E-state index contributed by atoms with van der Waals surface area (Å²) in [5, 5.41) is 0. The summed E-state index contributed by atoms with van der Waals surface area (Å²) in [6.45, 7) is 2.02. The highest BCUT2D eigenvalue weighted by molar-refractivity contribution is 5.56. The van der Waals surface area contributed by atoms with Gasteiger partial charge in [-0.05, 0) is 30.9 Å². The van der Waals surface area contributed by atoms with Gasteiger partial charge >= 0.3 is 0 Å². The highest BCUT2D eigenvalue weighted by Gasteiger charge is 2.22. The molecule has 0 N–H and O–H groups in total. The second-order valence-corrected chi connectivity index (χ2v) is 6.63. The van der Waals surface area contributed by atoms with Gasteiger partial charge in [-0.2, -0.15) is 0 Å². The lowest BCUT2D eigenvalue weighted by Gasteiger charge is -2.32. The minimum atomic E-state index is -0.401. The summed E-state index contributed by atoms with van der Waals surface area (Å²) in [4.78, 5) is 30.5. The summed E-state index contributed by atoms with van der Waals surface area (Å²) in [7, 11) is 0. The monoisotopic (exact) mass is 366 g/mol. The van der Waals surface area contributed by atoms with E-state index in [1.54, 1.807) is 29.4 Å². The first-order valence-corrected chi connectivity index (χ1v) is 8.88. The Labute approximate surface area is 155 Å². The number of anilines is 1. The van der Waals surface area contributed by atoms with Crippen LogP contribution in [0.2, 0.25) is 0 Å². The van der Waals surface area contributed by atoms with Crippen LogP contribution in [0.15, 0.2) is 54.2 Å². The average molecular weight is 366 g/mol. The first kappa shape index (κ1) is 17.3. The first-order chi connectivity index (χ1) is 13.2. The average Bonchev–Trinajstić information content (AvgIpc) is 2.71. The van der Waals surface area contributed by atoms with Gasteiger partial charge in [0.1, 0.15) is 6.33 Å². The number of hydrogen-bond donors (Lipinski definition) is 0. The fourth-order valence-corrected chi connectivity index (χ4v) is 3.38. The van der Waals surface area contributed by atoms with Crippen molar-refractivity contribution in [2.45, 2.75) is 19.4 Å². The van der Waals surface area contributed by atoms with Crippen molar-refractivity contribution in [1.29, 1.82) is 0 Å². The smallest absolute Gasteiger partial charge is 0.253 e. The standard InChI is InChI=1S/C19H19FN6O/c20-16-10-22-12-23-19(16)25-6-3-14(4-7-25)11-26-13-24-17(8-18(26)27)15-2-1-5-21-9-15/h1-2,5,8-10,12-14H,3-4,6-7,11H2. The van der Waals surface area contributed by atoms with Crippen LogP contribution in [0.1, 0.15) is 12.8 Å². The van der Waals surface area contributed by atoms with Crippen molar-refractivity contribution in [3.63, 3.8) is 0 Å². The molecule has 0 saturated carbocycles. The maximum Gasteiger partial charge on any atom is 0.253 e. The van der Waals surface area contributed by atoms with Gasteiger partial charge in [-0.3, -0.25) is 14.3 Å². The van der Waals surface area contributed by atoms with Gasteiger partial charge in [0.25, 0.3) is 5.56 Å². The minimum absolute atomic E-state index is 0.0758. The maximum absolute atomic E-state index is 13.8. The number of rotatable bonds is 4. The van der Waals surface area contributed by atoms with Gasteiger partial charge < -0.3 is 4.90 Å². The summed E-state index contributed by atoms with van der Waals surface area (Å²) in [5.74, 6) is 0.292. The number of nitrogens with zero attached hydrogens (tertiary/aromatic N) is 6. The molecular weight excluding hydrogens is 347 g/mol. The maximum atomic E-state index is 13.8. The molecule has 0 spiro atoms. The van der Waals surface area contributed by atoms with Gasteiger partial charge in [0.2, 0.25) is 0 Å². The zero-order valence-corrected chi connectivity index (χ0v) is 14.7. The third-order valence-electron chi connectivity index (χ3n) is 4.85. The van der Waals surface area contributed by atoms with Crippen LogP contribution in [0.4, 0.5) is 10.2 Å². The van der Waals surface area contributed by atoms with Crippen LogP contribution >= 0.6 is 0 Å². The Morgan fingerprint density at radius 3 is 2.70 bits per heavy atom. The quantitative estimate of drug-likeness (QED) is 0.704. The lowest BCUT2D eigenvalue weighted by molar-refractivity contribution is 0.348. The number of hydrogen-bond acceptors (Lipinski definition) is 6. The number of halogens is 1. The molecule has 7 nitrogen and oxygen atoms in total. The Hall–Kier alpha value is -3.16. The van der Waals surface area contributed by atoms with E-state index >= 15 is 0 Å². The van der Waals surface area contributed by atoms with Crippen molar-refractivity contribution in [3.05, 3.63) is 65.6 Å². The summed E-state index contributed by atoms with van der Waals surface area (Å²) in [5.41, 5.74) is 1.37. The molecule has 4 rings (SSSR count). The Morgan fingerprint density at radius 2 is 2.00 bits per heavy atom. The normalized spacial score (nSPS) is 15.1. The Kier molecular flexibility index (Phi) is 4.86. The molecule has 0 atom stereocenters. The highest BCUT2D eigenvalue weighted by atomic mass is 19.1. The molecule has 138 valence electrons. The van der Waals surface area contributed by atoms with Crippen molar-refractivity contribution < 1.29 is 4.39 Å². The predicted molar refractivity (Wildman–Crippen MR) is 98.7 cm³/mol. The van der Waals surface area contributed by atoms with Crippen LogP contribution < -0.4 is 10.5 Å². The van der Waals surface area contributed by atoms with E-state index in [0.29, 0.717) is 37.1 Å². The number of aromatic nitrogens is 5. The first-order valence-electron chi connectivity index (χ1n) is 8.88. The van der Waals surface area contributed by atoms with Gasteiger partial charge in [-0.1, -0.05) is 0 Å². The lowest BCUT2D eigenvalue weighted by Crippen LogP contribution is -2.37. The fraction of sp³-hybridized carbons (Fsp3) is 0.316. The van der Waals surface area contributed by atoms with E-state index in [0.717, 1.165) is 18.4 Å². The topological polar surface area (TPSA) is 76.8 Å². The molecular formula is C19H19FN6O. The summed E-state index contributed by atoms with van der Waals surface area (Å²) >= 11 is 0. The van der Waals surface area contributed by atoms with E-state index in [4.69, 9.17) is 0 Å². The van der Waals surface area contributed by atoms with E-state index < -0.39 is 5.82 Å². The molecule has 1 saturated heterocycles. The molecule has 1 aliphatic rings. The van der Waals surface area contributed by atoms with Crippen LogP contribution in [0.5, 0.6) is 0 Å². The van der Waals surface area contributed by atoms with E-state index in [-0.39, 0.29) is 5.56 Å². The molecule has 27 heavy (non-hydrogen) atoms. The van der Waals surface area contributed by atoms with Crippen molar-refractivity contribution in [2.75, 3.05) is 18.0 Å². The van der Waals surface area contributed by atoms with Crippen molar-refractivity contribution in [3.8, 4) is 11.3 Å². The van der Waals surface area contributed by atoms with Crippen LogP contribution in [0.3, 0.4) is 0 Å². The van der Waals surface area contributed by atoms with Gasteiger partial charge in [-0.25, -0.2) is 19.3 Å². The summed E-state index contributed by atoms with van der Waals surface area (Å²) < 4.78 is 15.5. The van der Waals surface area contributed by atoms with Gasteiger partial charge in [0, 0.05) is 43.7 Å². The number of pyridine rings is 1. The largest absolute Gasteiger partial charge is 0.354 e. The Bertz CT molecular complexity index is 969. The second-order valence-electron chi connectivity index (χ2n) is 6.63. The van der Waals surface area contributed by atoms with Crippen molar-refractivity contribution >= 4 is 5.82 Å². The summed E-state index contributed by atoms with van der Waals surface area (Å²) in [6, 6.07) is 5.24. The van der Waals surface area contributed by atoms with Crippen LogP contribution in [0.25, 0.3) is 11.3 Å². The van der Waals surface area contributed by atoms with Crippen molar-refractivity contribution in [2.24, 2.45) is 5.92 Å². The van der Waals surface area contributed by atoms with Gasteiger partial charge in [0.05, 0.1) is 18.2 Å². The predicted octanol–water partition coefficient (Wildman–Crippen LogP) is 2.15. The minimum Gasteiger partial charge on any atom is -0.354 e. The third-order valence-corrected chi connectivity index (χ3v) is 4.85. The Morgan fingerprint density at radius 1 is 1.15 bits per heavy atom. The fourth-order valence-electron chi connectivity index (χ4n) is 3.38. The highest BCUT2D eigenvalue weighted by Crippen LogP contribution is 2.24. The van der Waals surface area contributed by atoms with Crippen molar-refractivity contribution in [1.82, 2.24) is 24.5 Å². The third kappa shape index (κ3) is 3.84. The molecule has 8 heteroatoms. The SMILES string of the molecule is O=c1cc(-c2cccnc2)ncn1CC1CCN(c2ncncc2F)CC1. The van der Waals surface area contributed by atoms with E-state index in [2.05, 4.69) is 19.9 Å². The van der Waals surface area contributed by atoms with Crippen LogP contribution in [0, 0.1) is 11.7 Å². The van der Waals surface area contributed by atoms with E-state index in [9.17, 15) is 9.18 Å². The van der Waals surface area contributed by atoms with Crippen LogP contribution in [-0.2, 0) is 6.54 Å². The molecule has 1 aliphatic heterocycles. The molecule has 0 amide bonds. The van der Waals surface area contributed by atoms with Gasteiger partial charge in [0.15, 0.2) is 11.6 Å². The molecule has 0 aliphatic carbocycles. The lowest BCUT2D eigenvalue weighted by atomic mass is 9.96. The zero-order valence-electron chi connectivity index (χ0n) is 14.7. The van der Waals surface area contributed by atoms with Gasteiger partial charge in [-0.15, -0.1) is 0 Å². The molecule has 0 bridgehead atoms. The molecule has 3 aromatic rings. The molecule has 3 aromatic heterocycles. The number of piperidine rings is 1. The second kappa shape index (κ2) is 7.61. The zero-order chi connectivity index (χ0) is 18.6. The Balaban J connectivity index is 1.41. The van der Waals surface area contributed by atoms with E-state index in [1.807, 2.05) is 17.0 Å². The van der Waals surface area contributed by atoms with Crippen LogP contribution in [-0.4, -0.2) is 37.6 Å². The molecule has 4 heterocycles. The van der Waals surface area contributed by atoms with E-state index in [1.165, 1.54) is 12.5 Å². The summed E-state index contributed by atoms with van der Waals surface area (Å²) in [6.07, 6.45) is 9.24. The molecule has 1 fully saturated rings. The molecule has 0 radical (unpaired) electrons. The molecule has 0 aromatic carbocycles. The molecule has 0 unspecified atom stereocenters.